The van der Waals surface area contributed by atoms with Crippen molar-refractivity contribution in [2.45, 2.75) is 39.5 Å². The predicted molar refractivity (Wildman–Crippen MR) is 98.4 cm³/mol. The number of oxime groups is 1. The van der Waals surface area contributed by atoms with E-state index in [0.717, 1.165) is 45.8 Å². The van der Waals surface area contributed by atoms with Crippen LogP contribution in [0.3, 0.4) is 0 Å². The molecule has 0 spiro atoms. The molecule has 2 fully saturated rings. The van der Waals surface area contributed by atoms with Crippen LogP contribution in [0.2, 0.25) is 0 Å². The highest BCUT2D eigenvalue weighted by Crippen LogP contribution is 2.30. The molecule has 0 bridgehead atoms. The van der Waals surface area contributed by atoms with Gasteiger partial charge in [0, 0.05) is 56.7 Å². The van der Waals surface area contributed by atoms with Crippen molar-refractivity contribution in [3.63, 3.8) is 0 Å². The molecule has 4 heterocycles. The Hall–Kier alpha value is -1.11. The molecule has 6 heteroatoms. The molecule has 0 aromatic carbocycles. The van der Waals surface area contributed by atoms with E-state index in [-0.39, 0.29) is 6.10 Å². The third-order valence-electron chi connectivity index (χ3n) is 5.67. The molecule has 132 valence electrons. The van der Waals surface area contributed by atoms with Crippen LogP contribution in [0.4, 0.5) is 0 Å². The Labute approximate surface area is 148 Å². The van der Waals surface area contributed by atoms with Gasteiger partial charge in [-0.25, -0.2) is 0 Å². The van der Waals surface area contributed by atoms with Gasteiger partial charge in [0.05, 0.1) is 5.92 Å². The van der Waals surface area contributed by atoms with Gasteiger partial charge in [0.1, 0.15) is 0 Å². The molecule has 3 aliphatic rings. The summed E-state index contributed by atoms with van der Waals surface area (Å²) in [6.07, 6.45) is 0.272. The number of rotatable bonds is 3. The first-order chi connectivity index (χ1) is 11.6. The third kappa shape index (κ3) is 3.07. The number of hydrogen-bond acceptors (Lipinski definition) is 6. The lowest BCUT2D eigenvalue weighted by atomic mass is 10.0. The monoisotopic (exact) mass is 348 g/mol. The molecule has 2 saturated heterocycles. The molecule has 0 radical (unpaired) electrons. The van der Waals surface area contributed by atoms with Gasteiger partial charge in [-0.1, -0.05) is 5.16 Å². The summed E-state index contributed by atoms with van der Waals surface area (Å²) in [6, 6.07) is 2.81. The molecule has 0 N–H and O–H groups in total. The molecule has 0 saturated carbocycles. The van der Waals surface area contributed by atoms with Crippen molar-refractivity contribution in [1.29, 1.82) is 0 Å². The van der Waals surface area contributed by atoms with Gasteiger partial charge >= 0.3 is 0 Å². The highest BCUT2D eigenvalue weighted by atomic mass is 32.1. The fourth-order valence-corrected chi connectivity index (χ4v) is 4.91. The van der Waals surface area contributed by atoms with Crippen molar-refractivity contribution in [2.75, 3.05) is 39.3 Å². The molecule has 4 rings (SSSR count). The van der Waals surface area contributed by atoms with E-state index >= 15 is 0 Å². The minimum absolute atomic E-state index is 0.272. The maximum absolute atomic E-state index is 5.74. The largest absolute Gasteiger partial charge is 0.389 e. The van der Waals surface area contributed by atoms with Crippen LogP contribution in [0, 0.1) is 12.8 Å². The molecule has 0 amide bonds. The first-order valence-electron chi connectivity index (χ1n) is 9.10. The van der Waals surface area contributed by atoms with Crippen molar-refractivity contribution in [1.82, 2.24) is 14.7 Å². The van der Waals surface area contributed by atoms with E-state index in [9.17, 15) is 0 Å². The molecular weight excluding hydrogens is 320 g/mol. The van der Waals surface area contributed by atoms with E-state index < -0.39 is 0 Å². The summed E-state index contributed by atoms with van der Waals surface area (Å²) in [7, 11) is 0. The molecule has 0 aliphatic carbocycles. The summed E-state index contributed by atoms with van der Waals surface area (Å²) in [5, 5.41) is 6.65. The Balaban J connectivity index is 1.32. The fourth-order valence-electron chi connectivity index (χ4n) is 3.97. The number of likely N-dealkylation sites (tertiary alicyclic amines) is 1. The molecular formula is C18H28N4OS. The number of piperazine rings is 1. The normalized spacial score (nSPS) is 28.3. The van der Waals surface area contributed by atoms with Crippen LogP contribution in [0.15, 0.2) is 16.6 Å². The van der Waals surface area contributed by atoms with E-state index in [0.29, 0.717) is 12.0 Å². The Morgan fingerprint density at radius 3 is 2.71 bits per heavy atom. The van der Waals surface area contributed by atoms with Gasteiger partial charge < -0.3 is 9.74 Å². The van der Waals surface area contributed by atoms with E-state index in [1.807, 2.05) is 11.3 Å². The first kappa shape index (κ1) is 16.4. The first-order valence-corrected chi connectivity index (χ1v) is 9.98. The van der Waals surface area contributed by atoms with Crippen molar-refractivity contribution in [3.8, 4) is 0 Å². The number of thiophene rings is 1. The van der Waals surface area contributed by atoms with E-state index in [4.69, 9.17) is 4.84 Å². The van der Waals surface area contributed by atoms with Gasteiger partial charge in [0.15, 0.2) is 11.9 Å². The van der Waals surface area contributed by atoms with Gasteiger partial charge in [-0.05, 0) is 37.8 Å². The molecule has 3 aliphatic heterocycles. The second-order valence-electron chi connectivity index (χ2n) is 7.54. The summed E-state index contributed by atoms with van der Waals surface area (Å²) in [5.41, 5.74) is 1.43. The van der Waals surface area contributed by atoms with E-state index in [1.54, 1.807) is 0 Å². The zero-order valence-electron chi connectivity index (χ0n) is 14.9. The van der Waals surface area contributed by atoms with Gasteiger partial charge in [-0.2, -0.15) is 0 Å². The second-order valence-corrected chi connectivity index (χ2v) is 8.54. The SMILES string of the molecule is Cc1ccsc1CN1CCN(C2=NOC3CN(C(C)C)CC23)CC1. The summed E-state index contributed by atoms with van der Waals surface area (Å²) in [5.74, 6) is 1.67. The maximum atomic E-state index is 5.74. The third-order valence-corrected chi connectivity index (χ3v) is 6.68. The fraction of sp³-hybridized carbons (Fsp3) is 0.722. The lowest BCUT2D eigenvalue weighted by Gasteiger charge is -2.36. The Morgan fingerprint density at radius 2 is 2.04 bits per heavy atom. The maximum Gasteiger partial charge on any atom is 0.152 e. The van der Waals surface area contributed by atoms with Gasteiger partial charge in [0.2, 0.25) is 0 Å². The molecule has 2 unspecified atom stereocenters. The lowest BCUT2D eigenvalue weighted by Crippen LogP contribution is -2.50. The lowest BCUT2D eigenvalue weighted by molar-refractivity contribution is 0.0719. The van der Waals surface area contributed by atoms with Crippen LogP contribution in [0.1, 0.15) is 24.3 Å². The van der Waals surface area contributed by atoms with E-state index in [1.165, 1.54) is 16.3 Å². The van der Waals surface area contributed by atoms with Crippen molar-refractivity contribution in [3.05, 3.63) is 21.9 Å². The van der Waals surface area contributed by atoms with Crippen LogP contribution < -0.4 is 0 Å². The average Bonchev–Trinajstić information content (AvgIpc) is 3.24. The van der Waals surface area contributed by atoms with Crippen LogP contribution in [0.25, 0.3) is 0 Å². The van der Waals surface area contributed by atoms with Crippen LogP contribution in [-0.4, -0.2) is 71.9 Å². The predicted octanol–water partition coefficient (Wildman–Crippen LogP) is 2.23. The minimum Gasteiger partial charge on any atom is -0.389 e. The Morgan fingerprint density at radius 1 is 1.25 bits per heavy atom. The number of amidine groups is 1. The van der Waals surface area contributed by atoms with E-state index in [2.05, 4.69) is 52.1 Å². The summed E-state index contributed by atoms with van der Waals surface area (Å²) in [4.78, 5) is 14.8. The summed E-state index contributed by atoms with van der Waals surface area (Å²) >= 11 is 1.88. The summed E-state index contributed by atoms with van der Waals surface area (Å²) in [6.45, 7) is 14.3. The Bertz CT molecular complexity index is 606. The highest BCUT2D eigenvalue weighted by Gasteiger charge is 2.45. The van der Waals surface area contributed by atoms with Crippen molar-refractivity contribution < 1.29 is 4.84 Å². The number of aryl methyl sites for hydroxylation is 1. The highest BCUT2D eigenvalue weighted by molar-refractivity contribution is 7.10. The Kier molecular flexibility index (Phi) is 4.54. The second kappa shape index (κ2) is 6.65. The van der Waals surface area contributed by atoms with Crippen LogP contribution in [-0.2, 0) is 11.4 Å². The molecule has 2 atom stereocenters. The van der Waals surface area contributed by atoms with Gasteiger partial charge in [-0.3, -0.25) is 9.80 Å². The zero-order chi connectivity index (χ0) is 16.7. The number of fused-ring (bicyclic) bond motifs is 1. The van der Waals surface area contributed by atoms with Gasteiger partial charge in [-0.15, -0.1) is 11.3 Å². The molecule has 1 aromatic rings. The van der Waals surface area contributed by atoms with Crippen molar-refractivity contribution in [2.24, 2.45) is 11.1 Å². The zero-order valence-corrected chi connectivity index (χ0v) is 15.8. The summed E-state index contributed by atoms with van der Waals surface area (Å²) < 4.78 is 0. The van der Waals surface area contributed by atoms with Gasteiger partial charge in [0.25, 0.3) is 0 Å². The number of nitrogens with zero attached hydrogens (tertiary/aromatic N) is 4. The average molecular weight is 349 g/mol. The molecule has 1 aromatic heterocycles. The topological polar surface area (TPSA) is 31.3 Å². The molecule has 5 nitrogen and oxygen atoms in total. The quantitative estimate of drug-likeness (QED) is 0.838. The molecule has 24 heavy (non-hydrogen) atoms. The standard InChI is InChI=1S/C18H28N4OS/c1-13(2)22-10-15-16(11-22)23-19-18(15)21-7-5-20(6-8-21)12-17-14(3)4-9-24-17/h4,9,13,15-16H,5-8,10-12H2,1-3H3. The van der Waals surface area contributed by atoms with Crippen molar-refractivity contribution >= 4 is 17.2 Å². The minimum atomic E-state index is 0.272. The van der Waals surface area contributed by atoms with Crippen LogP contribution >= 0.6 is 11.3 Å². The number of hydrogen-bond donors (Lipinski definition) is 0. The smallest absolute Gasteiger partial charge is 0.152 e. The van der Waals surface area contributed by atoms with Crippen LogP contribution in [0.5, 0.6) is 0 Å².